The van der Waals surface area contributed by atoms with E-state index < -0.39 is 17.5 Å². The first-order valence-corrected chi connectivity index (χ1v) is 5.07. The van der Waals surface area contributed by atoms with Crippen molar-refractivity contribution < 1.29 is 19.1 Å². The van der Waals surface area contributed by atoms with Crippen molar-refractivity contribution >= 4 is 11.9 Å². The lowest BCUT2D eigenvalue weighted by molar-refractivity contribution is -0.181. The van der Waals surface area contributed by atoms with Crippen LogP contribution in [-0.4, -0.2) is 23.6 Å². The maximum atomic E-state index is 11.6. The fourth-order valence-corrected chi connectivity index (χ4v) is 0.848. The summed E-state index contributed by atoms with van der Waals surface area (Å²) in [5, 5.41) is 0. The Balaban J connectivity index is 4.37. The lowest BCUT2D eigenvalue weighted by Crippen LogP contribution is -2.40. The van der Waals surface area contributed by atoms with Crippen molar-refractivity contribution in [1.82, 2.24) is 0 Å². The molecule has 88 valence electrons. The van der Waals surface area contributed by atoms with Gasteiger partial charge in [-0.15, -0.1) is 0 Å². The van der Waals surface area contributed by atoms with Crippen LogP contribution in [0.3, 0.4) is 0 Å². The second kappa shape index (κ2) is 5.14. The van der Waals surface area contributed by atoms with Crippen LogP contribution in [0, 0.1) is 5.92 Å². The van der Waals surface area contributed by atoms with Crippen LogP contribution in [0.15, 0.2) is 0 Å². The van der Waals surface area contributed by atoms with Gasteiger partial charge in [0.05, 0.1) is 0 Å². The Morgan fingerprint density at radius 1 is 1.13 bits per heavy atom. The summed E-state index contributed by atoms with van der Waals surface area (Å²) < 4.78 is 10.0. The highest BCUT2D eigenvalue weighted by Crippen LogP contribution is 2.15. The van der Waals surface area contributed by atoms with E-state index in [2.05, 4.69) is 0 Å². The minimum absolute atomic E-state index is 0.188. The minimum atomic E-state index is -1.21. The van der Waals surface area contributed by atoms with Gasteiger partial charge < -0.3 is 9.47 Å². The normalized spacial score (nSPS) is 13.5. The summed E-state index contributed by atoms with van der Waals surface area (Å²) in [5.41, 5.74) is -1.21. The van der Waals surface area contributed by atoms with Gasteiger partial charge in [-0.1, -0.05) is 13.8 Å². The van der Waals surface area contributed by atoms with Gasteiger partial charge in [-0.3, -0.25) is 4.79 Å². The van der Waals surface area contributed by atoms with Gasteiger partial charge in [-0.05, 0) is 26.7 Å². The average Bonchev–Trinajstić information content (AvgIpc) is 2.01. The Bertz CT molecular complexity index is 243. The van der Waals surface area contributed by atoms with E-state index in [-0.39, 0.29) is 12.0 Å². The molecule has 0 rings (SSSR count). The van der Waals surface area contributed by atoms with Crippen molar-refractivity contribution in [2.45, 2.75) is 53.2 Å². The van der Waals surface area contributed by atoms with Crippen LogP contribution in [0.2, 0.25) is 0 Å². The molecule has 0 saturated carbocycles. The molecule has 0 N–H and O–H groups in total. The van der Waals surface area contributed by atoms with Crippen molar-refractivity contribution in [2.75, 3.05) is 0 Å². The third-order valence-electron chi connectivity index (χ3n) is 2.12. The van der Waals surface area contributed by atoms with Crippen LogP contribution >= 0.6 is 0 Å². The smallest absolute Gasteiger partial charge is 0.350 e. The number of ether oxygens (including phenoxy) is 2. The molecular formula is C11H20O4. The molecule has 0 radical (unpaired) electrons. The summed E-state index contributed by atoms with van der Waals surface area (Å²) in [7, 11) is 0. The lowest BCUT2D eigenvalue weighted by atomic mass is 10.1. The average molecular weight is 216 g/mol. The van der Waals surface area contributed by atoms with Gasteiger partial charge in [0.25, 0.3) is 0 Å². The zero-order valence-corrected chi connectivity index (χ0v) is 10.3. The monoisotopic (exact) mass is 216 g/mol. The number of esters is 2. The summed E-state index contributed by atoms with van der Waals surface area (Å²) in [5.74, 6) is -0.768. The van der Waals surface area contributed by atoms with Crippen LogP contribution in [0.5, 0.6) is 0 Å². The Labute approximate surface area is 90.9 Å². The van der Waals surface area contributed by atoms with E-state index in [0.29, 0.717) is 0 Å². The molecule has 0 fully saturated rings. The van der Waals surface area contributed by atoms with E-state index in [0.717, 1.165) is 0 Å². The second-order valence-corrected chi connectivity index (χ2v) is 4.46. The fraction of sp³-hybridized carbons (Fsp3) is 0.818. The SMILES string of the molecule is CC(=O)OC(C)(C)C(=O)OC(C)C(C)C. The molecule has 4 heteroatoms. The highest BCUT2D eigenvalue weighted by Gasteiger charge is 2.34. The predicted octanol–water partition coefficient (Wildman–Crippen LogP) is 1.92. The van der Waals surface area contributed by atoms with E-state index in [9.17, 15) is 9.59 Å². The van der Waals surface area contributed by atoms with E-state index in [1.807, 2.05) is 20.8 Å². The molecule has 0 spiro atoms. The number of carbonyl (C=O) groups is 2. The molecule has 0 aromatic heterocycles. The zero-order chi connectivity index (χ0) is 12.2. The van der Waals surface area contributed by atoms with E-state index in [1.165, 1.54) is 20.8 Å². The molecule has 1 unspecified atom stereocenters. The van der Waals surface area contributed by atoms with Crippen LogP contribution < -0.4 is 0 Å². The Kier molecular flexibility index (Phi) is 4.78. The van der Waals surface area contributed by atoms with Crippen LogP contribution in [0.1, 0.15) is 41.5 Å². The minimum Gasteiger partial charge on any atom is -0.459 e. The Hall–Kier alpha value is -1.06. The van der Waals surface area contributed by atoms with Gasteiger partial charge in [-0.2, -0.15) is 0 Å². The summed E-state index contributed by atoms with van der Waals surface area (Å²) in [6.07, 6.45) is -0.188. The van der Waals surface area contributed by atoms with Crippen molar-refractivity contribution in [3.8, 4) is 0 Å². The summed E-state index contributed by atoms with van der Waals surface area (Å²) in [6, 6.07) is 0. The van der Waals surface area contributed by atoms with Crippen LogP contribution in [-0.2, 0) is 19.1 Å². The molecule has 4 nitrogen and oxygen atoms in total. The molecule has 0 saturated heterocycles. The number of rotatable bonds is 4. The highest BCUT2D eigenvalue weighted by atomic mass is 16.6. The summed E-state index contributed by atoms with van der Waals surface area (Å²) >= 11 is 0. The first-order valence-electron chi connectivity index (χ1n) is 5.07. The molecule has 1 atom stereocenters. The predicted molar refractivity (Wildman–Crippen MR) is 56.2 cm³/mol. The van der Waals surface area contributed by atoms with Gasteiger partial charge in [0, 0.05) is 6.92 Å². The van der Waals surface area contributed by atoms with Gasteiger partial charge in [0.15, 0.2) is 0 Å². The summed E-state index contributed by atoms with van der Waals surface area (Å²) in [4.78, 5) is 22.4. The zero-order valence-electron chi connectivity index (χ0n) is 10.3. The Morgan fingerprint density at radius 3 is 1.93 bits per heavy atom. The van der Waals surface area contributed by atoms with Crippen LogP contribution in [0.4, 0.5) is 0 Å². The van der Waals surface area contributed by atoms with Gasteiger partial charge >= 0.3 is 11.9 Å². The van der Waals surface area contributed by atoms with E-state index in [1.54, 1.807) is 0 Å². The molecule has 0 aliphatic heterocycles. The number of carbonyl (C=O) groups excluding carboxylic acids is 2. The number of hydrogen-bond donors (Lipinski definition) is 0. The second-order valence-electron chi connectivity index (χ2n) is 4.46. The molecule has 0 heterocycles. The quantitative estimate of drug-likeness (QED) is 0.674. The number of hydrogen-bond acceptors (Lipinski definition) is 4. The largest absolute Gasteiger partial charge is 0.459 e. The fourth-order valence-electron chi connectivity index (χ4n) is 0.848. The topological polar surface area (TPSA) is 52.6 Å². The molecule has 0 aromatic carbocycles. The first kappa shape index (κ1) is 13.9. The third kappa shape index (κ3) is 4.81. The molecule has 15 heavy (non-hydrogen) atoms. The van der Waals surface area contributed by atoms with Gasteiger partial charge in [0.2, 0.25) is 5.60 Å². The van der Waals surface area contributed by atoms with Crippen LogP contribution in [0.25, 0.3) is 0 Å². The highest BCUT2D eigenvalue weighted by molar-refractivity contribution is 5.82. The third-order valence-corrected chi connectivity index (χ3v) is 2.12. The molecule has 0 aromatic rings. The molecule has 0 bridgehead atoms. The lowest BCUT2D eigenvalue weighted by Gasteiger charge is -2.25. The van der Waals surface area contributed by atoms with Gasteiger partial charge in [-0.25, -0.2) is 4.79 Å². The van der Waals surface area contributed by atoms with Gasteiger partial charge in [0.1, 0.15) is 6.10 Å². The molecule has 0 amide bonds. The summed E-state index contributed by atoms with van der Waals surface area (Å²) in [6.45, 7) is 10.0. The van der Waals surface area contributed by atoms with Crippen molar-refractivity contribution in [2.24, 2.45) is 5.92 Å². The van der Waals surface area contributed by atoms with Crippen molar-refractivity contribution in [3.63, 3.8) is 0 Å². The van der Waals surface area contributed by atoms with E-state index in [4.69, 9.17) is 9.47 Å². The molecule has 0 aliphatic carbocycles. The first-order chi connectivity index (χ1) is 6.66. The Morgan fingerprint density at radius 2 is 1.60 bits per heavy atom. The van der Waals surface area contributed by atoms with Crippen molar-refractivity contribution in [1.29, 1.82) is 0 Å². The van der Waals surface area contributed by atoms with E-state index >= 15 is 0 Å². The van der Waals surface area contributed by atoms with Crippen molar-refractivity contribution in [3.05, 3.63) is 0 Å². The maximum Gasteiger partial charge on any atom is 0.350 e. The molecule has 0 aliphatic rings. The standard InChI is InChI=1S/C11H20O4/c1-7(2)8(3)14-10(13)11(5,6)15-9(4)12/h7-8H,1-6H3. The molecular weight excluding hydrogens is 196 g/mol. The maximum absolute atomic E-state index is 11.6.